The molecule has 0 aliphatic carbocycles. The number of nitrogens with zero attached hydrogens (tertiary/aromatic N) is 4. The molecular weight excluding hydrogens is 279 g/mol. The third kappa shape index (κ3) is 1.89. The maximum absolute atomic E-state index is 6.03. The minimum atomic E-state index is 0.519. The maximum atomic E-state index is 6.03. The van der Waals surface area contributed by atoms with Crippen molar-refractivity contribution in [1.82, 2.24) is 19.7 Å². The van der Waals surface area contributed by atoms with Crippen molar-refractivity contribution >= 4 is 27.5 Å². The zero-order valence-corrected chi connectivity index (χ0v) is 10.5. The van der Waals surface area contributed by atoms with Crippen LogP contribution in [0.25, 0.3) is 5.95 Å². The molecule has 0 radical (unpaired) electrons. The molecule has 0 amide bonds. The molecule has 78 valence electrons. The van der Waals surface area contributed by atoms with E-state index < -0.39 is 0 Å². The van der Waals surface area contributed by atoms with Crippen molar-refractivity contribution < 1.29 is 0 Å². The van der Waals surface area contributed by atoms with E-state index in [-0.39, 0.29) is 0 Å². The molecule has 15 heavy (non-hydrogen) atoms. The van der Waals surface area contributed by atoms with Crippen LogP contribution in [0.15, 0.2) is 16.9 Å². The summed E-state index contributed by atoms with van der Waals surface area (Å²) >= 11 is 9.31. The Hall–Kier alpha value is -0.940. The predicted octanol–water partition coefficient (Wildman–Crippen LogP) is 2.70. The molecule has 0 spiro atoms. The average molecular weight is 288 g/mol. The Labute approximate surface area is 100 Å². The van der Waals surface area contributed by atoms with Gasteiger partial charge in [0.2, 0.25) is 0 Å². The van der Waals surface area contributed by atoms with Gasteiger partial charge in [-0.05, 0) is 29.8 Å². The number of aromatic nitrogens is 4. The first kappa shape index (κ1) is 10.6. The van der Waals surface area contributed by atoms with Crippen LogP contribution in [0.3, 0.4) is 0 Å². The highest BCUT2D eigenvalue weighted by atomic mass is 79.9. The molecule has 4 nitrogen and oxygen atoms in total. The van der Waals surface area contributed by atoms with Crippen LogP contribution in [0, 0.1) is 13.8 Å². The van der Waals surface area contributed by atoms with Gasteiger partial charge in [0.15, 0.2) is 0 Å². The zero-order valence-electron chi connectivity index (χ0n) is 8.20. The fourth-order valence-corrected chi connectivity index (χ4v) is 1.56. The molecule has 0 N–H and O–H groups in total. The van der Waals surface area contributed by atoms with Crippen LogP contribution in [-0.2, 0) is 0 Å². The van der Waals surface area contributed by atoms with Crippen LogP contribution in [0.1, 0.15) is 11.4 Å². The van der Waals surface area contributed by atoms with E-state index in [0.717, 1.165) is 15.9 Å². The maximum Gasteiger partial charge on any atom is 0.250 e. The molecule has 0 atom stereocenters. The normalized spacial score (nSPS) is 10.7. The molecule has 0 saturated carbocycles. The second kappa shape index (κ2) is 3.90. The van der Waals surface area contributed by atoms with Gasteiger partial charge in [0.1, 0.15) is 0 Å². The molecule has 2 heterocycles. The van der Waals surface area contributed by atoms with Gasteiger partial charge < -0.3 is 0 Å². The Morgan fingerprint density at radius 1 is 1.27 bits per heavy atom. The van der Waals surface area contributed by atoms with Crippen LogP contribution in [-0.4, -0.2) is 19.7 Å². The van der Waals surface area contributed by atoms with Crippen LogP contribution >= 0.6 is 27.5 Å². The highest BCUT2D eigenvalue weighted by Crippen LogP contribution is 2.20. The smallest absolute Gasteiger partial charge is 0.218 e. The summed E-state index contributed by atoms with van der Waals surface area (Å²) in [4.78, 5) is 8.30. The fourth-order valence-electron chi connectivity index (χ4n) is 1.23. The third-order valence-corrected chi connectivity index (χ3v) is 2.96. The van der Waals surface area contributed by atoms with Crippen LogP contribution < -0.4 is 0 Å². The van der Waals surface area contributed by atoms with Gasteiger partial charge in [0.05, 0.1) is 20.9 Å². The van der Waals surface area contributed by atoms with E-state index in [1.165, 1.54) is 0 Å². The van der Waals surface area contributed by atoms with E-state index in [2.05, 4.69) is 31.0 Å². The molecule has 0 bridgehead atoms. The second-order valence-corrected chi connectivity index (χ2v) is 4.39. The van der Waals surface area contributed by atoms with Gasteiger partial charge in [0.25, 0.3) is 5.95 Å². The minimum Gasteiger partial charge on any atom is -0.218 e. The third-order valence-electron chi connectivity index (χ3n) is 2.00. The lowest BCUT2D eigenvalue weighted by atomic mass is 10.4. The quantitative estimate of drug-likeness (QED) is 0.810. The Morgan fingerprint density at radius 3 is 2.33 bits per heavy atom. The van der Waals surface area contributed by atoms with E-state index in [0.29, 0.717) is 11.0 Å². The minimum absolute atomic E-state index is 0.519. The summed E-state index contributed by atoms with van der Waals surface area (Å²) in [6.07, 6.45) is 3.35. The van der Waals surface area contributed by atoms with E-state index in [1.54, 1.807) is 17.1 Å². The van der Waals surface area contributed by atoms with Crippen molar-refractivity contribution in [3.8, 4) is 5.95 Å². The van der Waals surface area contributed by atoms with Crippen molar-refractivity contribution in [2.45, 2.75) is 13.8 Å². The number of hydrogen-bond donors (Lipinski definition) is 0. The van der Waals surface area contributed by atoms with Crippen molar-refractivity contribution in [3.05, 3.63) is 33.3 Å². The summed E-state index contributed by atoms with van der Waals surface area (Å²) in [6, 6.07) is 0. The summed E-state index contributed by atoms with van der Waals surface area (Å²) in [7, 11) is 0. The monoisotopic (exact) mass is 286 g/mol. The first-order valence-corrected chi connectivity index (χ1v) is 5.46. The van der Waals surface area contributed by atoms with Gasteiger partial charge in [0, 0.05) is 12.4 Å². The first-order chi connectivity index (χ1) is 7.09. The van der Waals surface area contributed by atoms with E-state index >= 15 is 0 Å². The zero-order chi connectivity index (χ0) is 11.0. The molecule has 6 heteroatoms. The summed E-state index contributed by atoms with van der Waals surface area (Å²) in [5, 5.41) is 4.91. The summed E-state index contributed by atoms with van der Waals surface area (Å²) in [5.41, 5.74) is 1.62. The lowest BCUT2D eigenvalue weighted by molar-refractivity contribution is 0.772. The number of halogens is 2. The van der Waals surface area contributed by atoms with Gasteiger partial charge in [-0.15, -0.1) is 0 Å². The molecule has 2 rings (SSSR count). The molecule has 2 aromatic heterocycles. The van der Waals surface area contributed by atoms with Gasteiger partial charge in [-0.3, -0.25) is 0 Å². The number of rotatable bonds is 1. The van der Waals surface area contributed by atoms with E-state index in [4.69, 9.17) is 11.6 Å². The molecule has 0 unspecified atom stereocenters. The van der Waals surface area contributed by atoms with E-state index in [9.17, 15) is 0 Å². The van der Waals surface area contributed by atoms with Gasteiger partial charge >= 0.3 is 0 Å². The highest BCUT2D eigenvalue weighted by molar-refractivity contribution is 9.10. The Bertz CT molecular complexity index is 492. The molecular formula is C9H8BrClN4. The van der Waals surface area contributed by atoms with Crippen molar-refractivity contribution in [2.24, 2.45) is 0 Å². The SMILES string of the molecule is Cc1nn(-c2ncc(Br)cn2)c(C)c1Cl. The first-order valence-electron chi connectivity index (χ1n) is 4.29. The lowest BCUT2D eigenvalue weighted by Crippen LogP contribution is -2.04. The topological polar surface area (TPSA) is 43.6 Å². The second-order valence-electron chi connectivity index (χ2n) is 3.10. The predicted molar refractivity (Wildman–Crippen MR) is 61.3 cm³/mol. The Morgan fingerprint density at radius 2 is 1.87 bits per heavy atom. The molecule has 2 aromatic rings. The summed E-state index contributed by atoms with van der Waals surface area (Å²) in [5.74, 6) is 0.519. The molecule has 0 aliphatic heterocycles. The van der Waals surface area contributed by atoms with Crippen molar-refractivity contribution in [3.63, 3.8) is 0 Å². The van der Waals surface area contributed by atoms with Gasteiger partial charge in [-0.1, -0.05) is 11.6 Å². The van der Waals surface area contributed by atoms with E-state index in [1.807, 2.05) is 13.8 Å². The molecule has 0 aliphatic rings. The largest absolute Gasteiger partial charge is 0.250 e. The fraction of sp³-hybridized carbons (Fsp3) is 0.222. The van der Waals surface area contributed by atoms with Crippen molar-refractivity contribution in [2.75, 3.05) is 0 Å². The van der Waals surface area contributed by atoms with Crippen LogP contribution in [0.2, 0.25) is 5.02 Å². The lowest BCUT2D eigenvalue weighted by Gasteiger charge is -2.01. The van der Waals surface area contributed by atoms with Crippen LogP contribution in [0.5, 0.6) is 0 Å². The van der Waals surface area contributed by atoms with Crippen molar-refractivity contribution in [1.29, 1.82) is 0 Å². The Balaban J connectivity index is 2.54. The van der Waals surface area contributed by atoms with Gasteiger partial charge in [-0.2, -0.15) is 5.10 Å². The number of aryl methyl sites for hydroxylation is 1. The standard InChI is InChI=1S/C9H8BrClN4/c1-5-8(11)6(2)15(14-5)9-12-3-7(10)4-13-9/h3-4H,1-2H3. The van der Waals surface area contributed by atoms with Gasteiger partial charge in [-0.25, -0.2) is 14.6 Å². The Kier molecular flexibility index (Phi) is 2.75. The summed E-state index contributed by atoms with van der Waals surface area (Å²) in [6.45, 7) is 3.73. The van der Waals surface area contributed by atoms with Crippen LogP contribution in [0.4, 0.5) is 0 Å². The number of hydrogen-bond acceptors (Lipinski definition) is 3. The molecule has 0 saturated heterocycles. The average Bonchev–Trinajstić information content (AvgIpc) is 2.47. The molecule has 0 fully saturated rings. The summed E-state index contributed by atoms with van der Waals surface area (Å²) < 4.78 is 2.46. The highest BCUT2D eigenvalue weighted by Gasteiger charge is 2.11. The molecule has 0 aromatic carbocycles.